The number of rotatable bonds is 6. The summed E-state index contributed by atoms with van der Waals surface area (Å²) < 4.78 is 24.8. The zero-order chi connectivity index (χ0) is 20.5. The Morgan fingerprint density at radius 2 is 1.04 bits per heavy atom. The highest BCUT2D eigenvalue weighted by Crippen LogP contribution is 2.30. The number of hydrogen-bond donors (Lipinski definition) is 6. The second-order valence-electron chi connectivity index (χ2n) is 6.03. The van der Waals surface area contributed by atoms with Crippen molar-refractivity contribution in [2.45, 2.75) is 61.4 Å². The van der Waals surface area contributed by atoms with E-state index >= 15 is 0 Å². The largest absolute Gasteiger partial charge is 0.479 e. The van der Waals surface area contributed by atoms with E-state index in [0.29, 0.717) is 0 Å². The SMILES string of the molecule is CO[C@H]1O[C@H](C(=O)O)[C@H](O[C@H]2C(O)C(O)[C@H](OC)O[C@H]2C(=O)O)C(O)C1O. The quantitative estimate of drug-likeness (QED) is 0.254. The first kappa shape index (κ1) is 21.9. The van der Waals surface area contributed by atoms with E-state index in [-0.39, 0.29) is 0 Å². The smallest absolute Gasteiger partial charge is 0.335 e. The summed E-state index contributed by atoms with van der Waals surface area (Å²) in [4.78, 5) is 22.9. The van der Waals surface area contributed by atoms with Crippen LogP contribution in [0.25, 0.3) is 0 Å². The monoisotopic (exact) mass is 398 g/mol. The second-order valence-corrected chi connectivity index (χ2v) is 6.03. The van der Waals surface area contributed by atoms with Crippen molar-refractivity contribution < 1.29 is 63.9 Å². The molecule has 2 aliphatic rings. The van der Waals surface area contributed by atoms with Crippen molar-refractivity contribution >= 4 is 11.9 Å². The molecule has 0 saturated carbocycles. The third kappa shape index (κ3) is 4.21. The van der Waals surface area contributed by atoms with Crippen LogP contribution in [0.2, 0.25) is 0 Å². The molecule has 156 valence electrons. The lowest BCUT2D eigenvalue weighted by molar-refractivity contribution is -0.333. The first-order chi connectivity index (χ1) is 12.6. The summed E-state index contributed by atoms with van der Waals surface area (Å²) in [6, 6.07) is 0. The van der Waals surface area contributed by atoms with Crippen LogP contribution in [-0.2, 0) is 33.3 Å². The zero-order valence-corrected chi connectivity index (χ0v) is 14.3. The van der Waals surface area contributed by atoms with Gasteiger partial charge in [0.15, 0.2) is 24.8 Å². The Balaban J connectivity index is 2.29. The van der Waals surface area contributed by atoms with Crippen LogP contribution in [0.1, 0.15) is 0 Å². The van der Waals surface area contributed by atoms with Gasteiger partial charge in [0.25, 0.3) is 0 Å². The van der Waals surface area contributed by atoms with Gasteiger partial charge >= 0.3 is 11.9 Å². The van der Waals surface area contributed by atoms with Crippen LogP contribution in [0.5, 0.6) is 0 Å². The number of aliphatic carboxylic acids is 2. The number of aliphatic hydroxyl groups is 4. The molecule has 10 atom stereocenters. The van der Waals surface area contributed by atoms with E-state index < -0.39 is 73.4 Å². The van der Waals surface area contributed by atoms with Crippen molar-refractivity contribution in [1.29, 1.82) is 0 Å². The fourth-order valence-electron chi connectivity index (χ4n) is 2.95. The molecule has 6 N–H and O–H groups in total. The van der Waals surface area contributed by atoms with Crippen LogP contribution in [0, 0.1) is 0 Å². The molecule has 27 heavy (non-hydrogen) atoms. The number of carbonyl (C=O) groups is 2. The molecule has 0 aromatic rings. The molecule has 13 heteroatoms. The average molecular weight is 398 g/mol. The summed E-state index contributed by atoms with van der Waals surface area (Å²) >= 11 is 0. The van der Waals surface area contributed by atoms with Gasteiger partial charge in [-0.2, -0.15) is 0 Å². The highest BCUT2D eigenvalue weighted by atomic mass is 16.7. The van der Waals surface area contributed by atoms with Crippen molar-refractivity contribution in [2.24, 2.45) is 0 Å². The molecule has 2 fully saturated rings. The minimum Gasteiger partial charge on any atom is -0.479 e. The molecule has 0 bridgehead atoms. The number of ether oxygens (including phenoxy) is 5. The Hall–Kier alpha value is -1.42. The summed E-state index contributed by atoms with van der Waals surface area (Å²) in [5.74, 6) is -3.19. The Morgan fingerprint density at radius 3 is 1.30 bits per heavy atom. The predicted octanol–water partition coefficient (Wildman–Crippen LogP) is -3.90. The van der Waals surface area contributed by atoms with Gasteiger partial charge in [0.2, 0.25) is 0 Å². The first-order valence-electron chi connectivity index (χ1n) is 7.83. The van der Waals surface area contributed by atoms with Gasteiger partial charge in [0.1, 0.15) is 36.6 Å². The molecule has 0 aromatic carbocycles. The Labute approximate surface area is 152 Å². The summed E-state index contributed by atoms with van der Waals surface area (Å²) in [7, 11) is 2.22. The maximum Gasteiger partial charge on any atom is 0.335 e. The van der Waals surface area contributed by atoms with E-state index in [2.05, 4.69) is 0 Å². The highest BCUT2D eigenvalue weighted by Gasteiger charge is 2.54. The van der Waals surface area contributed by atoms with Crippen LogP contribution in [0.4, 0.5) is 0 Å². The van der Waals surface area contributed by atoms with Crippen LogP contribution in [-0.4, -0.2) is 118 Å². The molecular weight excluding hydrogens is 376 g/mol. The van der Waals surface area contributed by atoms with Crippen molar-refractivity contribution in [3.05, 3.63) is 0 Å². The zero-order valence-electron chi connectivity index (χ0n) is 14.3. The minimum atomic E-state index is -1.87. The molecule has 2 aliphatic heterocycles. The lowest BCUT2D eigenvalue weighted by Crippen LogP contribution is -2.66. The average Bonchev–Trinajstić information content (AvgIpc) is 2.62. The number of carboxylic acids is 2. The lowest BCUT2D eigenvalue weighted by Gasteiger charge is -2.45. The number of carboxylic acid groups (broad SMARTS) is 2. The van der Waals surface area contributed by atoms with Crippen molar-refractivity contribution in [2.75, 3.05) is 14.2 Å². The normalized spacial score (nSPS) is 45.4. The molecule has 0 aromatic heterocycles. The van der Waals surface area contributed by atoms with Crippen LogP contribution in [0.15, 0.2) is 0 Å². The summed E-state index contributed by atoms with van der Waals surface area (Å²) in [6.45, 7) is 0. The number of aliphatic hydroxyl groups excluding tert-OH is 4. The molecule has 4 unspecified atom stereocenters. The molecule has 13 nitrogen and oxygen atoms in total. The molecule has 0 amide bonds. The van der Waals surface area contributed by atoms with Gasteiger partial charge in [0.05, 0.1) is 0 Å². The molecule has 0 aliphatic carbocycles. The van der Waals surface area contributed by atoms with Crippen molar-refractivity contribution in [1.82, 2.24) is 0 Å². The van der Waals surface area contributed by atoms with E-state index in [0.717, 1.165) is 14.2 Å². The summed E-state index contributed by atoms with van der Waals surface area (Å²) in [6.07, 6.45) is -17.5. The molecular formula is C14H22O13. The van der Waals surface area contributed by atoms with E-state index in [1.165, 1.54) is 0 Å². The number of methoxy groups -OCH3 is 2. The van der Waals surface area contributed by atoms with E-state index in [1.807, 2.05) is 0 Å². The first-order valence-corrected chi connectivity index (χ1v) is 7.83. The molecule has 2 heterocycles. The van der Waals surface area contributed by atoms with Crippen LogP contribution in [0.3, 0.4) is 0 Å². The van der Waals surface area contributed by atoms with Crippen molar-refractivity contribution in [3.63, 3.8) is 0 Å². The third-order valence-corrected chi connectivity index (χ3v) is 4.35. The third-order valence-electron chi connectivity index (χ3n) is 4.35. The Bertz CT molecular complexity index is 495. The standard InChI is InChI=1S/C14H22O13/c1-23-13-5(17)3(15)7(9(26-13)11(19)20)25-8-4(16)6(18)14(24-2)27-10(8)12(21)22/h3-10,13-18H,1-2H3,(H,19,20)(H,21,22)/t3?,4?,5?,6?,7-,8+,9+,10-,13+,14-. The fourth-order valence-corrected chi connectivity index (χ4v) is 2.95. The topological polar surface area (TPSA) is 202 Å². The second kappa shape index (κ2) is 8.72. The summed E-state index contributed by atoms with van der Waals surface area (Å²) in [5, 5.41) is 58.9. The van der Waals surface area contributed by atoms with Crippen LogP contribution < -0.4 is 0 Å². The fraction of sp³-hybridized carbons (Fsp3) is 0.857. The molecule has 2 rings (SSSR count). The Kier molecular flexibility index (Phi) is 7.07. The molecule has 0 spiro atoms. The number of hydrogen-bond acceptors (Lipinski definition) is 11. The maximum absolute atomic E-state index is 11.4. The van der Waals surface area contributed by atoms with Crippen molar-refractivity contribution in [3.8, 4) is 0 Å². The van der Waals surface area contributed by atoms with E-state index in [9.17, 15) is 40.2 Å². The van der Waals surface area contributed by atoms with Gasteiger partial charge < -0.3 is 54.3 Å². The predicted molar refractivity (Wildman–Crippen MR) is 79.3 cm³/mol. The molecule has 2 saturated heterocycles. The van der Waals surface area contributed by atoms with E-state index in [4.69, 9.17) is 23.7 Å². The van der Waals surface area contributed by atoms with Crippen LogP contribution >= 0.6 is 0 Å². The molecule has 0 radical (unpaired) electrons. The Morgan fingerprint density at radius 1 is 0.704 bits per heavy atom. The maximum atomic E-state index is 11.4. The lowest BCUT2D eigenvalue weighted by atomic mass is 9.95. The van der Waals surface area contributed by atoms with Gasteiger partial charge in [-0.1, -0.05) is 0 Å². The summed E-state index contributed by atoms with van der Waals surface area (Å²) in [5.41, 5.74) is 0. The van der Waals surface area contributed by atoms with Gasteiger partial charge in [-0.15, -0.1) is 0 Å². The highest BCUT2D eigenvalue weighted by molar-refractivity contribution is 5.74. The van der Waals surface area contributed by atoms with E-state index in [1.54, 1.807) is 0 Å². The van der Waals surface area contributed by atoms with Gasteiger partial charge in [0, 0.05) is 14.2 Å². The van der Waals surface area contributed by atoms with Gasteiger partial charge in [-0.05, 0) is 0 Å². The van der Waals surface area contributed by atoms with Gasteiger partial charge in [-0.25, -0.2) is 9.59 Å². The minimum absolute atomic E-state index is 1.11. The van der Waals surface area contributed by atoms with Gasteiger partial charge in [-0.3, -0.25) is 0 Å².